The van der Waals surface area contributed by atoms with Gasteiger partial charge in [-0.05, 0) is 25.2 Å². The molecule has 0 heterocycles. The Bertz CT molecular complexity index is 105. The first-order valence-corrected chi connectivity index (χ1v) is 4.13. The average Bonchev–Trinajstić information content (AvgIpc) is 1.95. The van der Waals surface area contributed by atoms with Gasteiger partial charge in [-0.3, -0.25) is 0 Å². The lowest BCUT2D eigenvalue weighted by Crippen LogP contribution is -2.37. The lowest BCUT2D eigenvalue weighted by atomic mass is 9.84. The first-order chi connectivity index (χ1) is 4.74. The van der Waals surface area contributed by atoms with Crippen LogP contribution in [0.15, 0.2) is 0 Å². The van der Waals surface area contributed by atoms with Crippen molar-refractivity contribution in [3.63, 3.8) is 0 Å². The molecule has 0 aliphatic heterocycles. The molecule has 0 saturated heterocycles. The molecule has 0 aromatic heterocycles. The van der Waals surface area contributed by atoms with Gasteiger partial charge in [-0.15, -0.1) is 0 Å². The van der Waals surface area contributed by atoms with Crippen LogP contribution in [0.25, 0.3) is 0 Å². The van der Waals surface area contributed by atoms with E-state index in [1.165, 1.54) is 0 Å². The van der Waals surface area contributed by atoms with Gasteiger partial charge in [-0.25, -0.2) is 4.39 Å². The molecule has 0 spiro atoms. The van der Waals surface area contributed by atoms with E-state index in [1.54, 1.807) is 0 Å². The monoisotopic (exact) mass is 145 g/mol. The highest BCUT2D eigenvalue weighted by atomic mass is 19.1. The number of hydrogen-bond donors (Lipinski definition) is 1. The summed E-state index contributed by atoms with van der Waals surface area (Å²) in [5.74, 6) is 0.592. The Morgan fingerprint density at radius 1 is 1.50 bits per heavy atom. The summed E-state index contributed by atoms with van der Waals surface area (Å²) in [6.45, 7) is 2.12. The highest BCUT2D eigenvalue weighted by Gasteiger charge is 2.26. The van der Waals surface area contributed by atoms with Crippen molar-refractivity contribution >= 4 is 0 Å². The molecule has 0 radical (unpaired) electrons. The third-order valence-electron chi connectivity index (χ3n) is 2.51. The summed E-state index contributed by atoms with van der Waals surface area (Å²) in [6.07, 6.45) is 3.06. The van der Waals surface area contributed by atoms with Crippen LogP contribution in [0.1, 0.15) is 32.6 Å². The summed E-state index contributed by atoms with van der Waals surface area (Å²) < 4.78 is 12.9. The summed E-state index contributed by atoms with van der Waals surface area (Å²) in [6, 6.07) is -0.178. The van der Waals surface area contributed by atoms with Gasteiger partial charge in [0.25, 0.3) is 0 Å². The molecule has 60 valence electrons. The van der Waals surface area contributed by atoms with E-state index in [0.717, 1.165) is 19.3 Å². The Balaban J connectivity index is 2.33. The first-order valence-electron chi connectivity index (χ1n) is 4.13. The molecule has 0 aromatic carbocycles. The molecule has 1 aliphatic rings. The predicted molar refractivity (Wildman–Crippen MR) is 40.5 cm³/mol. The Labute approximate surface area is 61.8 Å². The standard InChI is InChI=1S/C8H16FN/c1-2-6-3-4-8(10)7(9)5-6/h6-8H,2-5,10H2,1H3/t6?,7?,8-/m0/s1. The molecule has 2 heteroatoms. The van der Waals surface area contributed by atoms with Gasteiger partial charge in [0.05, 0.1) is 0 Å². The maximum absolute atomic E-state index is 12.9. The normalized spacial score (nSPS) is 41.7. The molecule has 0 amide bonds. The zero-order valence-corrected chi connectivity index (χ0v) is 6.52. The molecule has 2 N–H and O–H groups in total. The molecule has 0 aromatic rings. The molecule has 1 saturated carbocycles. The van der Waals surface area contributed by atoms with Crippen LogP contribution in [-0.2, 0) is 0 Å². The van der Waals surface area contributed by atoms with E-state index in [1.807, 2.05) is 0 Å². The second kappa shape index (κ2) is 3.33. The van der Waals surface area contributed by atoms with Crippen molar-refractivity contribution in [2.75, 3.05) is 0 Å². The smallest absolute Gasteiger partial charge is 0.115 e. The summed E-state index contributed by atoms with van der Waals surface area (Å²) in [5.41, 5.74) is 5.52. The van der Waals surface area contributed by atoms with Gasteiger partial charge in [0.2, 0.25) is 0 Å². The molecule has 1 fully saturated rings. The minimum atomic E-state index is -0.737. The van der Waals surface area contributed by atoms with Gasteiger partial charge in [-0.1, -0.05) is 13.3 Å². The number of hydrogen-bond acceptors (Lipinski definition) is 1. The summed E-state index contributed by atoms with van der Waals surface area (Å²) in [7, 11) is 0. The molecule has 0 bridgehead atoms. The lowest BCUT2D eigenvalue weighted by Gasteiger charge is -2.28. The maximum atomic E-state index is 12.9. The molecule has 2 unspecified atom stereocenters. The highest BCUT2D eigenvalue weighted by Crippen LogP contribution is 2.27. The van der Waals surface area contributed by atoms with Gasteiger partial charge in [0.15, 0.2) is 0 Å². The minimum Gasteiger partial charge on any atom is -0.325 e. The Morgan fingerprint density at radius 2 is 2.20 bits per heavy atom. The first kappa shape index (κ1) is 7.99. The second-order valence-corrected chi connectivity index (χ2v) is 3.27. The third kappa shape index (κ3) is 1.69. The molecule has 10 heavy (non-hydrogen) atoms. The van der Waals surface area contributed by atoms with E-state index in [9.17, 15) is 4.39 Å². The van der Waals surface area contributed by atoms with Crippen LogP contribution in [0.4, 0.5) is 4.39 Å². The average molecular weight is 145 g/mol. The quantitative estimate of drug-likeness (QED) is 0.598. The van der Waals surface area contributed by atoms with Gasteiger partial charge in [0.1, 0.15) is 6.17 Å². The summed E-state index contributed by atoms with van der Waals surface area (Å²) >= 11 is 0. The van der Waals surface area contributed by atoms with Crippen molar-refractivity contribution < 1.29 is 4.39 Å². The van der Waals surface area contributed by atoms with E-state index >= 15 is 0 Å². The van der Waals surface area contributed by atoms with Gasteiger partial charge < -0.3 is 5.73 Å². The molecular formula is C8H16FN. The number of nitrogens with two attached hydrogens (primary N) is 1. The predicted octanol–water partition coefficient (Wildman–Crippen LogP) is 1.86. The second-order valence-electron chi connectivity index (χ2n) is 3.27. The number of alkyl halides is 1. The highest BCUT2D eigenvalue weighted by molar-refractivity contribution is 4.81. The number of rotatable bonds is 1. The Morgan fingerprint density at radius 3 is 2.70 bits per heavy atom. The van der Waals surface area contributed by atoms with Crippen molar-refractivity contribution in [3.8, 4) is 0 Å². The summed E-state index contributed by atoms with van der Waals surface area (Å²) in [4.78, 5) is 0. The van der Waals surface area contributed by atoms with Crippen LogP contribution in [0.5, 0.6) is 0 Å². The maximum Gasteiger partial charge on any atom is 0.115 e. The van der Waals surface area contributed by atoms with Crippen LogP contribution in [0.3, 0.4) is 0 Å². The van der Waals surface area contributed by atoms with Crippen LogP contribution < -0.4 is 5.73 Å². The minimum absolute atomic E-state index is 0.178. The van der Waals surface area contributed by atoms with Crippen molar-refractivity contribution in [3.05, 3.63) is 0 Å². The van der Waals surface area contributed by atoms with Crippen LogP contribution >= 0.6 is 0 Å². The fourth-order valence-electron chi connectivity index (χ4n) is 1.59. The van der Waals surface area contributed by atoms with E-state index in [2.05, 4.69) is 6.92 Å². The van der Waals surface area contributed by atoms with E-state index in [4.69, 9.17) is 5.73 Å². The number of halogens is 1. The van der Waals surface area contributed by atoms with Crippen LogP contribution in [0.2, 0.25) is 0 Å². The van der Waals surface area contributed by atoms with Gasteiger partial charge >= 0.3 is 0 Å². The van der Waals surface area contributed by atoms with Crippen molar-refractivity contribution in [1.82, 2.24) is 0 Å². The fourth-order valence-corrected chi connectivity index (χ4v) is 1.59. The van der Waals surface area contributed by atoms with Crippen molar-refractivity contribution in [2.45, 2.75) is 44.8 Å². The van der Waals surface area contributed by atoms with E-state index < -0.39 is 6.17 Å². The SMILES string of the molecule is CCC1CC[C@H](N)C(F)C1. The van der Waals surface area contributed by atoms with E-state index in [-0.39, 0.29) is 6.04 Å². The largest absolute Gasteiger partial charge is 0.325 e. The zero-order chi connectivity index (χ0) is 7.56. The molecule has 3 atom stereocenters. The molecular weight excluding hydrogens is 129 g/mol. The molecule has 1 nitrogen and oxygen atoms in total. The fraction of sp³-hybridized carbons (Fsp3) is 1.00. The topological polar surface area (TPSA) is 26.0 Å². The van der Waals surface area contributed by atoms with Crippen LogP contribution in [-0.4, -0.2) is 12.2 Å². The Kier molecular flexibility index (Phi) is 2.66. The zero-order valence-electron chi connectivity index (χ0n) is 6.52. The third-order valence-corrected chi connectivity index (χ3v) is 2.51. The van der Waals surface area contributed by atoms with Crippen molar-refractivity contribution in [1.29, 1.82) is 0 Å². The molecule has 1 aliphatic carbocycles. The van der Waals surface area contributed by atoms with E-state index in [0.29, 0.717) is 12.3 Å². The van der Waals surface area contributed by atoms with Crippen molar-refractivity contribution in [2.24, 2.45) is 11.7 Å². The lowest BCUT2D eigenvalue weighted by molar-refractivity contribution is 0.169. The van der Waals surface area contributed by atoms with Gasteiger partial charge in [-0.2, -0.15) is 0 Å². The molecule has 1 rings (SSSR count). The van der Waals surface area contributed by atoms with Crippen LogP contribution in [0, 0.1) is 5.92 Å². The summed E-state index contributed by atoms with van der Waals surface area (Å²) in [5, 5.41) is 0. The van der Waals surface area contributed by atoms with Gasteiger partial charge in [0, 0.05) is 6.04 Å². The Hall–Kier alpha value is -0.110.